The zero-order valence-electron chi connectivity index (χ0n) is 15.0. The van der Waals surface area contributed by atoms with Gasteiger partial charge in [0.2, 0.25) is 0 Å². The van der Waals surface area contributed by atoms with Crippen molar-refractivity contribution in [3.63, 3.8) is 0 Å². The summed E-state index contributed by atoms with van der Waals surface area (Å²) < 4.78 is 32.4. The second-order valence-corrected chi connectivity index (χ2v) is 7.83. The van der Waals surface area contributed by atoms with Crippen molar-refractivity contribution >= 4 is 10.4 Å². The number of fused-ring (bicyclic) bond motifs is 1. The van der Waals surface area contributed by atoms with Gasteiger partial charge in [-0.25, -0.2) is 0 Å². The van der Waals surface area contributed by atoms with Crippen LogP contribution in [0.4, 0.5) is 0 Å². The average Bonchev–Trinajstić information content (AvgIpc) is 2.86. The molecule has 0 spiro atoms. The van der Waals surface area contributed by atoms with E-state index < -0.39 is 10.4 Å². The van der Waals surface area contributed by atoms with Crippen LogP contribution in [-0.4, -0.2) is 8.42 Å². The third-order valence-corrected chi connectivity index (χ3v) is 5.41. The number of aryl methyl sites for hydroxylation is 1. The zero-order chi connectivity index (χ0) is 17.4. The van der Waals surface area contributed by atoms with Crippen molar-refractivity contribution in [2.75, 3.05) is 0 Å². The number of hydrogen-bond acceptors (Lipinski definition) is 4. The minimum Gasteiger partial charge on any atom is -0.349 e. The van der Waals surface area contributed by atoms with Crippen LogP contribution in [0.5, 0.6) is 11.5 Å². The minimum absolute atomic E-state index is 0.305. The molecule has 0 radical (unpaired) electrons. The molecule has 0 saturated heterocycles. The lowest BCUT2D eigenvalue weighted by Gasteiger charge is -2.07. The predicted molar refractivity (Wildman–Crippen MR) is 96.9 cm³/mol. The summed E-state index contributed by atoms with van der Waals surface area (Å²) in [6.45, 7) is 4.15. The summed E-state index contributed by atoms with van der Waals surface area (Å²) in [6, 6.07) is 3.64. The summed E-state index contributed by atoms with van der Waals surface area (Å²) in [7, 11) is -3.89. The third kappa shape index (κ3) is 5.69. The van der Waals surface area contributed by atoms with E-state index in [1.54, 1.807) is 6.07 Å². The lowest BCUT2D eigenvalue weighted by atomic mass is 10.00. The molecule has 1 aromatic rings. The van der Waals surface area contributed by atoms with Crippen molar-refractivity contribution < 1.29 is 16.8 Å². The molecule has 0 bridgehead atoms. The van der Waals surface area contributed by atoms with E-state index in [4.69, 9.17) is 8.37 Å². The summed E-state index contributed by atoms with van der Waals surface area (Å²) in [5.41, 5.74) is 2.03. The third-order valence-electron chi connectivity index (χ3n) is 4.66. The molecule has 0 unspecified atom stereocenters. The van der Waals surface area contributed by atoms with Gasteiger partial charge in [-0.1, -0.05) is 70.8 Å². The van der Waals surface area contributed by atoms with Gasteiger partial charge in [-0.3, -0.25) is 0 Å². The normalized spacial score (nSPS) is 14.9. The molecule has 0 aromatic heterocycles. The van der Waals surface area contributed by atoms with E-state index in [0.717, 1.165) is 24.0 Å². The highest BCUT2D eigenvalue weighted by atomic mass is 32.3. The monoisotopic (exact) mass is 354 g/mol. The van der Waals surface area contributed by atoms with Crippen molar-refractivity contribution in [1.29, 1.82) is 0 Å². The largest absolute Gasteiger partial charge is 0.501 e. The van der Waals surface area contributed by atoms with Gasteiger partial charge in [0, 0.05) is 5.56 Å². The molecule has 0 amide bonds. The molecule has 0 N–H and O–H groups in total. The molecule has 5 heteroatoms. The highest BCUT2D eigenvalue weighted by Crippen LogP contribution is 2.40. The van der Waals surface area contributed by atoms with Crippen molar-refractivity contribution in [1.82, 2.24) is 0 Å². The molecule has 136 valence electrons. The topological polar surface area (TPSA) is 52.6 Å². The SMILES string of the molecule is CCCCCCCCCCCCc1ccc2c(c1C)OS(=O)(=O)O2. The zero-order valence-corrected chi connectivity index (χ0v) is 15.8. The summed E-state index contributed by atoms with van der Waals surface area (Å²) in [5.74, 6) is 0.666. The first kappa shape index (κ1) is 19.1. The molecule has 0 aliphatic carbocycles. The lowest BCUT2D eigenvalue weighted by Crippen LogP contribution is -2.08. The van der Waals surface area contributed by atoms with E-state index in [1.165, 1.54) is 57.8 Å². The number of benzene rings is 1. The van der Waals surface area contributed by atoms with Gasteiger partial charge < -0.3 is 8.37 Å². The van der Waals surface area contributed by atoms with Gasteiger partial charge in [0.15, 0.2) is 11.5 Å². The fourth-order valence-electron chi connectivity index (χ4n) is 3.18. The van der Waals surface area contributed by atoms with Gasteiger partial charge in [0.25, 0.3) is 0 Å². The summed E-state index contributed by atoms with van der Waals surface area (Å²) in [4.78, 5) is 0. The Morgan fingerprint density at radius 1 is 0.833 bits per heavy atom. The highest BCUT2D eigenvalue weighted by Gasteiger charge is 2.30. The molecule has 0 atom stereocenters. The quantitative estimate of drug-likeness (QED) is 0.494. The fraction of sp³-hybridized carbons (Fsp3) is 0.684. The maximum Gasteiger partial charge on any atom is 0.501 e. The van der Waals surface area contributed by atoms with Gasteiger partial charge >= 0.3 is 10.4 Å². The second kappa shape index (κ2) is 9.30. The van der Waals surface area contributed by atoms with Crippen LogP contribution in [-0.2, 0) is 16.8 Å². The molecule has 4 nitrogen and oxygen atoms in total. The first-order chi connectivity index (χ1) is 11.5. The van der Waals surface area contributed by atoms with E-state index in [1.807, 2.05) is 13.0 Å². The van der Waals surface area contributed by atoms with Crippen LogP contribution in [0.2, 0.25) is 0 Å². The van der Waals surface area contributed by atoms with Gasteiger partial charge in [-0.2, -0.15) is 0 Å². The lowest BCUT2D eigenvalue weighted by molar-refractivity contribution is 0.436. The summed E-state index contributed by atoms with van der Waals surface area (Å²) in [6.07, 6.45) is 14.1. The van der Waals surface area contributed by atoms with E-state index in [9.17, 15) is 8.42 Å². The van der Waals surface area contributed by atoms with E-state index in [0.29, 0.717) is 11.5 Å². The van der Waals surface area contributed by atoms with Crippen LogP contribution >= 0.6 is 0 Å². The Labute approximate surface area is 146 Å². The fourth-order valence-corrected chi connectivity index (χ4v) is 3.98. The molecule has 1 aliphatic heterocycles. The standard InChI is InChI=1S/C19H30O4S/c1-3-4-5-6-7-8-9-10-11-12-13-17-14-15-18-19(16(17)2)23-24(20,21)22-18/h14-15H,3-13H2,1-2H3. The Kier molecular flexibility index (Phi) is 7.40. The summed E-state index contributed by atoms with van der Waals surface area (Å²) >= 11 is 0. The number of hydrogen-bond donors (Lipinski definition) is 0. The van der Waals surface area contributed by atoms with E-state index >= 15 is 0 Å². The molecule has 1 heterocycles. The highest BCUT2D eigenvalue weighted by molar-refractivity contribution is 7.82. The van der Waals surface area contributed by atoms with Gasteiger partial charge in [0.05, 0.1) is 0 Å². The first-order valence-electron chi connectivity index (χ1n) is 9.30. The molecule has 2 rings (SSSR count). The van der Waals surface area contributed by atoms with Crippen LogP contribution in [0.1, 0.15) is 82.3 Å². The molecule has 1 aliphatic rings. The maximum absolute atomic E-state index is 11.4. The average molecular weight is 355 g/mol. The van der Waals surface area contributed by atoms with Crippen molar-refractivity contribution in [3.05, 3.63) is 23.3 Å². The Morgan fingerprint density at radius 2 is 1.42 bits per heavy atom. The Hall–Kier alpha value is -1.23. The van der Waals surface area contributed by atoms with Crippen LogP contribution < -0.4 is 8.37 Å². The van der Waals surface area contributed by atoms with Crippen LogP contribution in [0, 0.1) is 6.92 Å². The molecule has 0 saturated carbocycles. The predicted octanol–water partition coefficient (Wildman–Crippen LogP) is 5.47. The summed E-state index contributed by atoms with van der Waals surface area (Å²) in [5, 5.41) is 0. The van der Waals surface area contributed by atoms with Crippen LogP contribution in [0.15, 0.2) is 12.1 Å². The molecule has 1 aromatic carbocycles. The molecule has 24 heavy (non-hydrogen) atoms. The smallest absolute Gasteiger partial charge is 0.349 e. The van der Waals surface area contributed by atoms with Gasteiger partial charge in [-0.15, -0.1) is 8.42 Å². The Morgan fingerprint density at radius 3 is 2.04 bits per heavy atom. The van der Waals surface area contributed by atoms with Crippen molar-refractivity contribution in [3.8, 4) is 11.5 Å². The van der Waals surface area contributed by atoms with Crippen LogP contribution in [0.25, 0.3) is 0 Å². The van der Waals surface area contributed by atoms with Crippen molar-refractivity contribution in [2.24, 2.45) is 0 Å². The van der Waals surface area contributed by atoms with Gasteiger partial charge in [0.1, 0.15) is 0 Å². The minimum atomic E-state index is -3.89. The number of rotatable bonds is 11. The van der Waals surface area contributed by atoms with E-state index in [2.05, 4.69) is 6.92 Å². The van der Waals surface area contributed by atoms with Crippen LogP contribution in [0.3, 0.4) is 0 Å². The van der Waals surface area contributed by atoms with Crippen molar-refractivity contribution in [2.45, 2.75) is 84.5 Å². The Balaban J connectivity index is 1.64. The van der Waals surface area contributed by atoms with E-state index in [-0.39, 0.29) is 0 Å². The molecular formula is C19H30O4S. The molecular weight excluding hydrogens is 324 g/mol. The Bertz CT molecular complexity index is 622. The molecule has 0 fully saturated rings. The maximum atomic E-state index is 11.4. The second-order valence-electron chi connectivity index (χ2n) is 6.68. The van der Waals surface area contributed by atoms with Gasteiger partial charge in [-0.05, 0) is 31.4 Å². The first-order valence-corrected chi connectivity index (χ1v) is 10.6. The number of unbranched alkanes of at least 4 members (excludes halogenated alkanes) is 9.